The zero-order chi connectivity index (χ0) is 14.4. The van der Waals surface area contributed by atoms with Crippen molar-refractivity contribution in [3.8, 4) is 5.75 Å². The fourth-order valence-electron chi connectivity index (χ4n) is 2.62. The summed E-state index contributed by atoms with van der Waals surface area (Å²) >= 11 is 0. The van der Waals surface area contributed by atoms with Crippen LogP contribution in [-0.4, -0.2) is 33.4 Å². The van der Waals surface area contributed by atoms with Gasteiger partial charge in [0, 0.05) is 26.8 Å². The van der Waals surface area contributed by atoms with Crippen LogP contribution in [0.15, 0.2) is 18.2 Å². The summed E-state index contributed by atoms with van der Waals surface area (Å²) in [7, 11) is 2.10. The van der Waals surface area contributed by atoms with Crippen LogP contribution in [0.5, 0.6) is 5.75 Å². The van der Waals surface area contributed by atoms with Crippen molar-refractivity contribution in [1.29, 1.82) is 0 Å². The van der Waals surface area contributed by atoms with E-state index < -0.39 is 0 Å². The Labute approximate surface area is 121 Å². The van der Waals surface area contributed by atoms with E-state index in [9.17, 15) is 0 Å². The van der Waals surface area contributed by atoms with Gasteiger partial charge in [-0.1, -0.05) is 13.0 Å². The van der Waals surface area contributed by atoms with Crippen molar-refractivity contribution in [2.24, 2.45) is 5.92 Å². The highest BCUT2D eigenvalue weighted by Gasteiger charge is 2.18. The molecule has 1 heterocycles. The van der Waals surface area contributed by atoms with E-state index in [2.05, 4.69) is 24.9 Å². The number of hydrogen-bond donors (Lipinski definition) is 1. The minimum absolute atomic E-state index is 0.688. The third-order valence-electron chi connectivity index (χ3n) is 3.79. The zero-order valence-electron chi connectivity index (χ0n) is 12.6. The van der Waals surface area contributed by atoms with Crippen molar-refractivity contribution < 1.29 is 9.47 Å². The summed E-state index contributed by atoms with van der Waals surface area (Å²) in [6.07, 6.45) is 3.26. The van der Waals surface area contributed by atoms with E-state index in [0.29, 0.717) is 12.5 Å². The van der Waals surface area contributed by atoms with Crippen LogP contribution >= 0.6 is 0 Å². The second-order valence-corrected chi connectivity index (χ2v) is 5.47. The van der Waals surface area contributed by atoms with Gasteiger partial charge >= 0.3 is 0 Å². The molecule has 2 N–H and O–H groups in total. The number of nitrogens with two attached hydrogens (primary N) is 1. The molecule has 1 aliphatic heterocycles. The Bertz CT molecular complexity index is 417. The van der Waals surface area contributed by atoms with Gasteiger partial charge in [0.15, 0.2) is 0 Å². The Hall–Kier alpha value is -1.42. The van der Waals surface area contributed by atoms with Crippen LogP contribution in [0, 0.1) is 5.92 Å². The van der Waals surface area contributed by atoms with E-state index in [-0.39, 0.29) is 0 Å². The van der Waals surface area contributed by atoms with Crippen LogP contribution in [0.25, 0.3) is 0 Å². The maximum absolute atomic E-state index is 6.24. The summed E-state index contributed by atoms with van der Waals surface area (Å²) in [6.45, 7) is 5.58. The maximum Gasteiger partial charge on any atom is 0.144 e. The van der Waals surface area contributed by atoms with Crippen LogP contribution < -0.4 is 15.4 Å². The number of hydrogen-bond acceptors (Lipinski definition) is 4. The Morgan fingerprint density at radius 1 is 1.35 bits per heavy atom. The van der Waals surface area contributed by atoms with Gasteiger partial charge in [-0.3, -0.25) is 0 Å². The Morgan fingerprint density at radius 3 is 2.80 bits per heavy atom. The molecule has 4 nitrogen and oxygen atoms in total. The molecule has 1 aliphatic rings. The molecule has 2 rings (SSSR count). The molecule has 1 aromatic carbocycles. The molecule has 112 valence electrons. The number of nitrogens with zero attached hydrogens (tertiary/aromatic N) is 1. The number of para-hydroxylation sites is 1. The molecule has 0 saturated carbocycles. The van der Waals surface area contributed by atoms with E-state index in [1.807, 2.05) is 12.1 Å². The smallest absolute Gasteiger partial charge is 0.144 e. The number of ether oxygens (including phenoxy) is 2. The lowest BCUT2D eigenvalue weighted by Gasteiger charge is -2.29. The molecule has 1 fully saturated rings. The Morgan fingerprint density at radius 2 is 2.10 bits per heavy atom. The summed E-state index contributed by atoms with van der Waals surface area (Å²) in [6, 6.07) is 6.02. The van der Waals surface area contributed by atoms with Crippen molar-refractivity contribution in [3.63, 3.8) is 0 Å². The van der Waals surface area contributed by atoms with E-state index in [1.54, 1.807) is 0 Å². The molecule has 0 spiro atoms. The summed E-state index contributed by atoms with van der Waals surface area (Å²) in [5.41, 5.74) is 8.04. The molecule has 1 saturated heterocycles. The minimum atomic E-state index is 0.688. The molecule has 4 heteroatoms. The predicted octanol–water partition coefficient (Wildman–Crippen LogP) is 2.92. The number of rotatable bonds is 6. The van der Waals surface area contributed by atoms with Crippen molar-refractivity contribution in [1.82, 2.24) is 0 Å². The first-order chi connectivity index (χ1) is 9.72. The lowest BCUT2D eigenvalue weighted by Crippen LogP contribution is -2.30. The standard InChI is InChI=1S/C16H26N2O2/c1-3-9-20-15-6-4-5-14(16(15)17)18(2)12-13-7-10-19-11-8-13/h4-6,13H,3,7-12,17H2,1-2H3. The first kappa shape index (κ1) is 15.0. The molecule has 0 bridgehead atoms. The van der Waals surface area contributed by atoms with Gasteiger partial charge < -0.3 is 20.1 Å². The van der Waals surface area contributed by atoms with Gasteiger partial charge in [-0.2, -0.15) is 0 Å². The molecule has 0 atom stereocenters. The summed E-state index contributed by atoms with van der Waals surface area (Å²) in [5.74, 6) is 1.48. The molecule has 0 aromatic heterocycles. The van der Waals surface area contributed by atoms with Crippen molar-refractivity contribution in [2.45, 2.75) is 26.2 Å². The largest absolute Gasteiger partial charge is 0.491 e. The van der Waals surface area contributed by atoms with Gasteiger partial charge in [-0.25, -0.2) is 0 Å². The third kappa shape index (κ3) is 3.79. The van der Waals surface area contributed by atoms with Gasteiger partial charge in [0.05, 0.1) is 18.0 Å². The summed E-state index contributed by atoms with van der Waals surface area (Å²) in [5, 5.41) is 0. The van der Waals surface area contributed by atoms with Gasteiger partial charge in [0.25, 0.3) is 0 Å². The van der Waals surface area contributed by atoms with Crippen molar-refractivity contribution >= 4 is 11.4 Å². The Balaban J connectivity index is 2.02. The molecule has 0 aliphatic carbocycles. The number of benzene rings is 1. The normalized spacial score (nSPS) is 16.1. The highest BCUT2D eigenvalue weighted by atomic mass is 16.5. The first-order valence-corrected chi connectivity index (χ1v) is 7.52. The number of nitrogen functional groups attached to an aromatic ring is 1. The second kappa shape index (κ2) is 7.39. The van der Waals surface area contributed by atoms with Gasteiger partial charge in [-0.05, 0) is 37.3 Å². The van der Waals surface area contributed by atoms with Crippen LogP contribution in [0.2, 0.25) is 0 Å². The van der Waals surface area contributed by atoms with E-state index in [0.717, 1.165) is 56.1 Å². The average molecular weight is 278 g/mol. The van der Waals surface area contributed by atoms with Crippen LogP contribution in [0.3, 0.4) is 0 Å². The minimum Gasteiger partial charge on any atom is -0.491 e. The molecule has 0 unspecified atom stereocenters. The van der Waals surface area contributed by atoms with Gasteiger partial charge in [0.1, 0.15) is 5.75 Å². The molecule has 20 heavy (non-hydrogen) atoms. The fourth-order valence-corrected chi connectivity index (χ4v) is 2.62. The van der Waals surface area contributed by atoms with Crippen molar-refractivity contribution in [2.75, 3.05) is 44.0 Å². The van der Waals surface area contributed by atoms with Gasteiger partial charge in [-0.15, -0.1) is 0 Å². The van der Waals surface area contributed by atoms with Crippen LogP contribution in [0.1, 0.15) is 26.2 Å². The SMILES string of the molecule is CCCOc1cccc(N(C)CC2CCOCC2)c1N. The number of anilines is 2. The second-order valence-electron chi connectivity index (χ2n) is 5.47. The van der Waals surface area contributed by atoms with Crippen molar-refractivity contribution in [3.05, 3.63) is 18.2 Å². The first-order valence-electron chi connectivity index (χ1n) is 7.52. The molecular weight excluding hydrogens is 252 g/mol. The molecule has 0 radical (unpaired) electrons. The predicted molar refractivity (Wildman–Crippen MR) is 83.5 cm³/mol. The van der Waals surface area contributed by atoms with E-state index >= 15 is 0 Å². The third-order valence-corrected chi connectivity index (χ3v) is 3.79. The quantitative estimate of drug-likeness (QED) is 0.813. The highest BCUT2D eigenvalue weighted by Crippen LogP contribution is 2.32. The zero-order valence-corrected chi connectivity index (χ0v) is 12.6. The highest BCUT2D eigenvalue weighted by molar-refractivity contribution is 5.73. The Kier molecular flexibility index (Phi) is 5.53. The lowest BCUT2D eigenvalue weighted by molar-refractivity contribution is 0.0685. The topological polar surface area (TPSA) is 47.7 Å². The molecule has 1 aromatic rings. The molecule has 0 amide bonds. The molecular formula is C16H26N2O2. The summed E-state index contributed by atoms with van der Waals surface area (Å²) in [4.78, 5) is 2.24. The maximum atomic E-state index is 6.24. The fraction of sp³-hybridized carbons (Fsp3) is 0.625. The average Bonchev–Trinajstić information content (AvgIpc) is 2.47. The lowest BCUT2D eigenvalue weighted by atomic mass is 9.99. The monoisotopic (exact) mass is 278 g/mol. The van der Waals surface area contributed by atoms with Crippen LogP contribution in [-0.2, 0) is 4.74 Å². The summed E-state index contributed by atoms with van der Waals surface area (Å²) < 4.78 is 11.1. The van der Waals surface area contributed by atoms with E-state index in [1.165, 1.54) is 0 Å². The van der Waals surface area contributed by atoms with Crippen LogP contribution in [0.4, 0.5) is 11.4 Å². The van der Waals surface area contributed by atoms with E-state index in [4.69, 9.17) is 15.2 Å². The van der Waals surface area contributed by atoms with Gasteiger partial charge in [0.2, 0.25) is 0 Å².